The third kappa shape index (κ3) is 2.07. The molecule has 0 aromatic heterocycles. The summed E-state index contributed by atoms with van der Waals surface area (Å²) in [5, 5.41) is 0. The maximum atomic E-state index is 11.8. The SMILES string of the molecule is FC(F)(F)C(O[SiH3])(C(F)(F)F)C(F)(F)F. The Morgan fingerprint density at radius 1 is 0.600 bits per heavy atom. The molecule has 0 fully saturated rings. The first-order valence-electron chi connectivity index (χ1n) is 3.06. The molecule has 0 aliphatic heterocycles. The van der Waals surface area contributed by atoms with Crippen molar-refractivity contribution in [3.8, 4) is 0 Å². The van der Waals surface area contributed by atoms with Crippen molar-refractivity contribution in [3.63, 3.8) is 0 Å². The first-order chi connectivity index (χ1) is 6.31. The second-order valence-corrected chi connectivity index (χ2v) is 2.79. The lowest BCUT2D eigenvalue weighted by Crippen LogP contribution is -2.67. The van der Waals surface area contributed by atoms with Crippen molar-refractivity contribution in [1.29, 1.82) is 0 Å². The van der Waals surface area contributed by atoms with Crippen LogP contribution in [0.3, 0.4) is 0 Å². The van der Waals surface area contributed by atoms with E-state index in [2.05, 4.69) is 4.43 Å². The van der Waals surface area contributed by atoms with Crippen molar-refractivity contribution < 1.29 is 43.9 Å². The van der Waals surface area contributed by atoms with Gasteiger partial charge < -0.3 is 4.43 Å². The van der Waals surface area contributed by atoms with E-state index in [0.29, 0.717) is 0 Å². The highest BCUT2D eigenvalue weighted by Crippen LogP contribution is 2.54. The highest BCUT2D eigenvalue weighted by atomic mass is 28.2. The first-order valence-corrected chi connectivity index (χ1v) is 3.88. The largest absolute Gasteiger partial charge is 0.434 e. The van der Waals surface area contributed by atoms with Crippen LogP contribution in [-0.4, -0.2) is 34.6 Å². The van der Waals surface area contributed by atoms with E-state index in [1.807, 2.05) is 0 Å². The van der Waals surface area contributed by atoms with E-state index in [1.54, 1.807) is 0 Å². The zero-order valence-corrected chi connectivity index (χ0v) is 8.81. The van der Waals surface area contributed by atoms with Crippen LogP contribution >= 0.6 is 0 Å². The Labute approximate surface area is 79.7 Å². The van der Waals surface area contributed by atoms with Crippen LogP contribution in [-0.2, 0) is 4.43 Å². The molecule has 15 heavy (non-hydrogen) atoms. The molecule has 11 heteroatoms. The van der Waals surface area contributed by atoms with Gasteiger partial charge >= 0.3 is 24.1 Å². The molecule has 0 aromatic carbocycles. The van der Waals surface area contributed by atoms with Gasteiger partial charge in [0.25, 0.3) is 0 Å². The van der Waals surface area contributed by atoms with E-state index >= 15 is 0 Å². The lowest BCUT2D eigenvalue weighted by atomic mass is 10.0. The Hall–Kier alpha value is -0.453. The molecule has 0 amide bonds. The molecule has 0 N–H and O–H groups in total. The minimum Gasteiger partial charge on any atom is -0.401 e. The third-order valence-electron chi connectivity index (χ3n) is 1.50. The van der Waals surface area contributed by atoms with E-state index in [9.17, 15) is 39.5 Å². The standard InChI is InChI=1S/C4H3F9OSi/c5-2(6,7)1(14-15,3(8,9)10)4(11,12)13/h15H3. The summed E-state index contributed by atoms with van der Waals surface area (Å²) in [6, 6.07) is 0. The minimum absolute atomic E-state index is 1.37. The molecule has 92 valence electrons. The molecule has 0 unspecified atom stereocenters. The molecule has 0 atom stereocenters. The monoisotopic (exact) mass is 266 g/mol. The number of halogens is 9. The van der Waals surface area contributed by atoms with Gasteiger partial charge in [0.1, 0.15) is 10.5 Å². The van der Waals surface area contributed by atoms with Gasteiger partial charge in [-0.1, -0.05) is 0 Å². The Kier molecular flexibility index (Phi) is 3.43. The Balaban J connectivity index is 5.78. The lowest BCUT2D eigenvalue weighted by molar-refractivity contribution is -0.437. The van der Waals surface area contributed by atoms with E-state index < -0.39 is 34.6 Å². The summed E-state index contributed by atoms with van der Waals surface area (Å²) >= 11 is 0. The molecule has 0 aliphatic carbocycles. The second-order valence-electron chi connectivity index (χ2n) is 2.38. The molecule has 1 nitrogen and oxygen atoms in total. The highest BCUT2D eigenvalue weighted by Gasteiger charge is 2.84. The number of alkyl halides is 9. The maximum absolute atomic E-state index is 11.8. The molecule has 0 spiro atoms. The molecule has 0 radical (unpaired) electrons. The molecular weight excluding hydrogens is 263 g/mol. The maximum Gasteiger partial charge on any atom is 0.434 e. The molecule has 0 heterocycles. The number of hydrogen-bond acceptors (Lipinski definition) is 1. The van der Waals surface area contributed by atoms with Crippen molar-refractivity contribution in [2.24, 2.45) is 0 Å². The molecule has 0 rings (SSSR count). The zero-order valence-electron chi connectivity index (χ0n) is 6.81. The smallest absolute Gasteiger partial charge is 0.401 e. The molecule has 0 bridgehead atoms. The van der Waals surface area contributed by atoms with Gasteiger partial charge in [-0.25, -0.2) is 0 Å². The minimum atomic E-state index is -6.61. The van der Waals surface area contributed by atoms with E-state index in [4.69, 9.17) is 0 Å². The molecule has 0 aliphatic rings. The predicted molar refractivity (Wildman–Crippen MR) is 31.9 cm³/mol. The summed E-state index contributed by atoms with van der Waals surface area (Å²) in [6.45, 7) is 0. The van der Waals surface area contributed by atoms with Crippen LogP contribution in [0.25, 0.3) is 0 Å². The first kappa shape index (κ1) is 14.5. The quantitative estimate of drug-likeness (QED) is 0.518. The average molecular weight is 266 g/mol. The molecular formula is C4H3F9OSi. The van der Waals surface area contributed by atoms with Crippen molar-refractivity contribution in [1.82, 2.24) is 0 Å². The van der Waals surface area contributed by atoms with Crippen molar-refractivity contribution in [3.05, 3.63) is 0 Å². The fourth-order valence-corrected chi connectivity index (χ4v) is 1.52. The summed E-state index contributed by atoms with van der Waals surface area (Å²) in [7, 11) is -1.37. The summed E-state index contributed by atoms with van der Waals surface area (Å²) in [5.41, 5.74) is -6.08. The van der Waals surface area contributed by atoms with E-state index in [-0.39, 0.29) is 0 Å². The zero-order chi connectivity index (χ0) is 12.7. The van der Waals surface area contributed by atoms with Gasteiger partial charge in [0, 0.05) is 0 Å². The highest BCUT2D eigenvalue weighted by molar-refractivity contribution is 5.98. The van der Waals surface area contributed by atoms with Gasteiger partial charge in [-0.15, -0.1) is 0 Å². The van der Waals surface area contributed by atoms with Crippen molar-refractivity contribution in [2.45, 2.75) is 24.1 Å². The topological polar surface area (TPSA) is 9.23 Å². The van der Waals surface area contributed by atoms with Crippen molar-refractivity contribution in [2.75, 3.05) is 0 Å². The summed E-state index contributed by atoms with van der Waals surface area (Å²) < 4.78 is 109. The van der Waals surface area contributed by atoms with Gasteiger partial charge in [0.2, 0.25) is 0 Å². The summed E-state index contributed by atoms with van der Waals surface area (Å²) in [5.74, 6) is 0. The normalized spacial score (nSPS) is 15.8. The molecule has 0 saturated carbocycles. The number of hydrogen-bond donors (Lipinski definition) is 0. The van der Waals surface area contributed by atoms with Gasteiger partial charge in [-0.05, 0) is 0 Å². The van der Waals surface area contributed by atoms with Crippen LogP contribution < -0.4 is 0 Å². The summed E-state index contributed by atoms with van der Waals surface area (Å²) in [6.07, 6.45) is -19.8. The fraction of sp³-hybridized carbons (Fsp3) is 1.00. The predicted octanol–water partition coefficient (Wildman–Crippen LogP) is 1.71. The Bertz CT molecular complexity index is 188. The third-order valence-corrected chi connectivity index (χ3v) is 2.12. The van der Waals surface area contributed by atoms with Crippen LogP contribution in [0.1, 0.15) is 0 Å². The van der Waals surface area contributed by atoms with Gasteiger partial charge in [-0.3, -0.25) is 0 Å². The number of rotatable bonds is 1. The van der Waals surface area contributed by atoms with Crippen LogP contribution in [0.2, 0.25) is 0 Å². The lowest BCUT2D eigenvalue weighted by Gasteiger charge is -2.37. The van der Waals surface area contributed by atoms with E-state index in [1.165, 1.54) is 0 Å². The second kappa shape index (κ2) is 3.54. The Morgan fingerprint density at radius 2 is 0.800 bits per heavy atom. The molecule has 0 saturated heterocycles. The van der Waals surface area contributed by atoms with Gasteiger partial charge in [-0.2, -0.15) is 39.5 Å². The average Bonchev–Trinajstić information content (AvgIpc) is 1.76. The fourth-order valence-electron chi connectivity index (χ4n) is 0.829. The molecule has 0 aromatic rings. The van der Waals surface area contributed by atoms with Crippen LogP contribution in [0.5, 0.6) is 0 Å². The Morgan fingerprint density at radius 3 is 0.800 bits per heavy atom. The van der Waals surface area contributed by atoms with Gasteiger partial charge in [0.05, 0.1) is 0 Å². The van der Waals surface area contributed by atoms with E-state index in [0.717, 1.165) is 0 Å². The van der Waals surface area contributed by atoms with Crippen LogP contribution in [0.15, 0.2) is 0 Å². The van der Waals surface area contributed by atoms with Crippen LogP contribution in [0, 0.1) is 0 Å². The van der Waals surface area contributed by atoms with Gasteiger partial charge in [0.15, 0.2) is 0 Å². The summed E-state index contributed by atoms with van der Waals surface area (Å²) in [4.78, 5) is 0. The van der Waals surface area contributed by atoms with Crippen LogP contribution in [0.4, 0.5) is 39.5 Å². The van der Waals surface area contributed by atoms with Crippen molar-refractivity contribution >= 4 is 10.5 Å².